The van der Waals surface area contributed by atoms with E-state index in [0.29, 0.717) is 0 Å². The molecule has 1 aromatic carbocycles. The Bertz CT molecular complexity index is 450. The number of amides is 2. The van der Waals surface area contributed by atoms with Gasteiger partial charge in [0.1, 0.15) is 0 Å². The standard InChI is InChI=1S/C14H19N3O2/c15-13(18)8-10-3-5-12(6-4-10)17-14(19)11-2-1-7-16-9-11/h3-6,11,16H,1-2,7-9H2,(H2,15,18)(H,17,19)/t11-/m0/s1. The summed E-state index contributed by atoms with van der Waals surface area (Å²) >= 11 is 0. The number of hydrogen-bond acceptors (Lipinski definition) is 3. The number of primary amides is 1. The molecule has 1 aliphatic rings. The Morgan fingerprint density at radius 2 is 2.05 bits per heavy atom. The van der Waals surface area contributed by atoms with E-state index in [1.165, 1.54) is 0 Å². The van der Waals surface area contributed by atoms with Crippen molar-refractivity contribution in [1.29, 1.82) is 0 Å². The lowest BCUT2D eigenvalue weighted by Gasteiger charge is -2.21. The molecule has 1 aromatic rings. The molecule has 5 heteroatoms. The van der Waals surface area contributed by atoms with Crippen molar-refractivity contribution in [2.45, 2.75) is 19.3 Å². The van der Waals surface area contributed by atoms with Crippen molar-refractivity contribution >= 4 is 17.5 Å². The molecule has 1 heterocycles. The lowest BCUT2D eigenvalue weighted by atomic mass is 9.99. The maximum atomic E-state index is 12.0. The normalized spacial score (nSPS) is 18.8. The van der Waals surface area contributed by atoms with Crippen LogP contribution in [0.2, 0.25) is 0 Å². The second-order valence-electron chi connectivity index (χ2n) is 4.87. The summed E-state index contributed by atoms with van der Waals surface area (Å²) in [4.78, 5) is 22.8. The Hall–Kier alpha value is -1.88. The molecule has 4 N–H and O–H groups in total. The van der Waals surface area contributed by atoms with Crippen molar-refractivity contribution in [2.75, 3.05) is 18.4 Å². The third-order valence-corrected chi connectivity index (χ3v) is 3.27. The molecule has 2 amide bonds. The van der Waals surface area contributed by atoms with Crippen LogP contribution in [0, 0.1) is 5.92 Å². The first-order chi connectivity index (χ1) is 9.15. The number of hydrogen-bond donors (Lipinski definition) is 3. The minimum absolute atomic E-state index is 0.0408. The van der Waals surface area contributed by atoms with Crippen LogP contribution in [0.3, 0.4) is 0 Å². The molecular weight excluding hydrogens is 242 g/mol. The number of benzene rings is 1. The highest BCUT2D eigenvalue weighted by molar-refractivity contribution is 5.92. The fraction of sp³-hybridized carbons (Fsp3) is 0.429. The highest BCUT2D eigenvalue weighted by Gasteiger charge is 2.20. The zero-order valence-electron chi connectivity index (χ0n) is 10.8. The monoisotopic (exact) mass is 261 g/mol. The summed E-state index contributed by atoms with van der Waals surface area (Å²) in [5.41, 5.74) is 6.73. The van der Waals surface area contributed by atoms with Gasteiger partial charge in [-0.15, -0.1) is 0 Å². The minimum atomic E-state index is -0.356. The quantitative estimate of drug-likeness (QED) is 0.744. The molecule has 5 nitrogen and oxygen atoms in total. The molecule has 1 fully saturated rings. The Labute approximate surface area is 112 Å². The molecule has 1 aliphatic heterocycles. The second-order valence-corrected chi connectivity index (χ2v) is 4.87. The number of nitrogens with one attached hydrogen (secondary N) is 2. The van der Waals surface area contributed by atoms with Crippen LogP contribution in [-0.4, -0.2) is 24.9 Å². The second kappa shape index (κ2) is 6.33. The first-order valence-electron chi connectivity index (χ1n) is 6.54. The van der Waals surface area contributed by atoms with Crippen LogP contribution in [0.15, 0.2) is 24.3 Å². The van der Waals surface area contributed by atoms with Crippen molar-refractivity contribution < 1.29 is 9.59 Å². The molecule has 2 rings (SSSR count). The van der Waals surface area contributed by atoms with Crippen LogP contribution in [-0.2, 0) is 16.0 Å². The van der Waals surface area contributed by atoms with Gasteiger partial charge in [-0.1, -0.05) is 12.1 Å². The number of piperidine rings is 1. The molecule has 0 saturated carbocycles. The molecule has 0 aromatic heterocycles. The third kappa shape index (κ3) is 4.06. The fourth-order valence-corrected chi connectivity index (χ4v) is 2.23. The molecule has 1 saturated heterocycles. The first kappa shape index (κ1) is 13.5. The number of anilines is 1. The van der Waals surface area contributed by atoms with Crippen LogP contribution in [0.25, 0.3) is 0 Å². The van der Waals surface area contributed by atoms with Crippen molar-refractivity contribution in [1.82, 2.24) is 5.32 Å². The van der Waals surface area contributed by atoms with Gasteiger partial charge < -0.3 is 16.4 Å². The molecule has 1 atom stereocenters. The van der Waals surface area contributed by atoms with Gasteiger partial charge >= 0.3 is 0 Å². The molecule has 0 bridgehead atoms. The summed E-state index contributed by atoms with van der Waals surface area (Å²) < 4.78 is 0. The van der Waals surface area contributed by atoms with Crippen molar-refractivity contribution in [3.63, 3.8) is 0 Å². The zero-order chi connectivity index (χ0) is 13.7. The van der Waals surface area contributed by atoms with Gasteiger partial charge in [0, 0.05) is 12.2 Å². The zero-order valence-corrected chi connectivity index (χ0v) is 10.8. The molecule has 0 aliphatic carbocycles. The van der Waals surface area contributed by atoms with Crippen molar-refractivity contribution in [3.05, 3.63) is 29.8 Å². The van der Waals surface area contributed by atoms with Crippen LogP contribution >= 0.6 is 0 Å². The van der Waals surface area contributed by atoms with E-state index in [-0.39, 0.29) is 24.2 Å². The summed E-state index contributed by atoms with van der Waals surface area (Å²) in [6, 6.07) is 7.21. The number of carbonyl (C=O) groups is 2. The average molecular weight is 261 g/mol. The van der Waals surface area contributed by atoms with Gasteiger partial charge in [0.2, 0.25) is 11.8 Å². The van der Waals surface area contributed by atoms with Gasteiger partial charge in [0.15, 0.2) is 0 Å². The summed E-state index contributed by atoms with van der Waals surface area (Å²) in [5, 5.41) is 6.12. The molecule has 0 radical (unpaired) electrons. The van der Waals surface area contributed by atoms with E-state index in [4.69, 9.17) is 5.73 Å². The molecular formula is C14H19N3O2. The van der Waals surface area contributed by atoms with Gasteiger partial charge in [-0.05, 0) is 37.1 Å². The molecule has 102 valence electrons. The Balaban J connectivity index is 1.91. The largest absolute Gasteiger partial charge is 0.369 e. The number of rotatable bonds is 4. The molecule has 19 heavy (non-hydrogen) atoms. The van der Waals surface area contributed by atoms with E-state index in [9.17, 15) is 9.59 Å². The Kier molecular flexibility index (Phi) is 4.52. The van der Waals surface area contributed by atoms with Crippen molar-refractivity contribution in [2.24, 2.45) is 11.7 Å². The van der Waals surface area contributed by atoms with Gasteiger partial charge in [-0.2, -0.15) is 0 Å². The average Bonchev–Trinajstić information content (AvgIpc) is 2.41. The highest BCUT2D eigenvalue weighted by Crippen LogP contribution is 2.15. The van der Waals surface area contributed by atoms with Crippen LogP contribution in [0.4, 0.5) is 5.69 Å². The maximum absolute atomic E-state index is 12.0. The predicted molar refractivity (Wildman–Crippen MR) is 73.6 cm³/mol. The number of nitrogens with two attached hydrogens (primary N) is 1. The maximum Gasteiger partial charge on any atom is 0.228 e. The van der Waals surface area contributed by atoms with Crippen LogP contribution in [0.5, 0.6) is 0 Å². The molecule has 0 spiro atoms. The lowest BCUT2D eigenvalue weighted by molar-refractivity contribution is -0.120. The fourth-order valence-electron chi connectivity index (χ4n) is 2.23. The smallest absolute Gasteiger partial charge is 0.228 e. The van der Waals surface area contributed by atoms with Gasteiger partial charge in [0.05, 0.1) is 12.3 Å². The Morgan fingerprint density at radius 3 is 2.63 bits per heavy atom. The predicted octanol–water partition coefficient (Wildman–Crippen LogP) is 0.652. The van der Waals surface area contributed by atoms with E-state index in [1.54, 1.807) is 24.3 Å². The van der Waals surface area contributed by atoms with E-state index < -0.39 is 0 Å². The highest BCUT2D eigenvalue weighted by atomic mass is 16.2. The summed E-state index contributed by atoms with van der Waals surface area (Å²) in [6.45, 7) is 1.73. The topological polar surface area (TPSA) is 84.2 Å². The summed E-state index contributed by atoms with van der Waals surface area (Å²) in [7, 11) is 0. The minimum Gasteiger partial charge on any atom is -0.369 e. The number of carbonyl (C=O) groups excluding carboxylic acids is 2. The van der Waals surface area contributed by atoms with Crippen LogP contribution < -0.4 is 16.4 Å². The SMILES string of the molecule is NC(=O)Cc1ccc(NC(=O)[C@H]2CCCNC2)cc1. The van der Waals surface area contributed by atoms with Gasteiger partial charge in [-0.3, -0.25) is 9.59 Å². The summed E-state index contributed by atoms with van der Waals surface area (Å²) in [6.07, 6.45) is 2.19. The lowest BCUT2D eigenvalue weighted by Crippen LogP contribution is -2.37. The Morgan fingerprint density at radius 1 is 1.32 bits per heavy atom. The summed E-state index contributed by atoms with van der Waals surface area (Å²) in [5.74, 6) is -0.265. The van der Waals surface area contributed by atoms with E-state index in [0.717, 1.165) is 37.2 Å². The van der Waals surface area contributed by atoms with E-state index in [2.05, 4.69) is 10.6 Å². The van der Waals surface area contributed by atoms with Crippen molar-refractivity contribution in [3.8, 4) is 0 Å². The third-order valence-electron chi connectivity index (χ3n) is 3.27. The first-order valence-corrected chi connectivity index (χ1v) is 6.54. The molecule has 0 unspecified atom stereocenters. The van der Waals surface area contributed by atoms with E-state index in [1.807, 2.05) is 0 Å². The van der Waals surface area contributed by atoms with Crippen LogP contribution in [0.1, 0.15) is 18.4 Å². The van der Waals surface area contributed by atoms with Gasteiger partial charge in [-0.25, -0.2) is 0 Å². The van der Waals surface area contributed by atoms with Gasteiger partial charge in [0.25, 0.3) is 0 Å². The van der Waals surface area contributed by atoms with E-state index >= 15 is 0 Å².